The maximum Gasteiger partial charge on any atom is 0.236 e. The Balaban J connectivity index is 2.27. The number of nitrogens with zero attached hydrogens (tertiary/aromatic N) is 2. The number of benzene rings is 2. The fourth-order valence-electron chi connectivity index (χ4n) is 1.98. The van der Waals surface area contributed by atoms with E-state index in [1.807, 2.05) is 36.4 Å². The molecule has 0 atom stereocenters. The van der Waals surface area contributed by atoms with E-state index in [0.717, 1.165) is 16.3 Å². The number of fused-ring (bicyclic) bond motifs is 1. The molecule has 0 aliphatic carbocycles. The van der Waals surface area contributed by atoms with Crippen LogP contribution < -0.4 is 0 Å². The van der Waals surface area contributed by atoms with Gasteiger partial charge in [0.2, 0.25) is 5.91 Å². The van der Waals surface area contributed by atoms with Crippen LogP contribution in [-0.4, -0.2) is 17.9 Å². The highest BCUT2D eigenvalue weighted by atomic mass is 16.2. The Kier molecular flexibility index (Phi) is 3.59. The molecule has 0 saturated carbocycles. The van der Waals surface area contributed by atoms with Gasteiger partial charge in [-0.3, -0.25) is 4.79 Å². The van der Waals surface area contributed by atoms with Crippen molar-refractivity contribution in [3.8, 4) is 6.07 Å². The summed E-state index contributed by atoms with van der Waals surface area (Å²) in [5.74, 6) is -0.148. The van der Waals surface area contributed by atoms with Crippen molar-refractivity contribution in [3.05, 3.63) is 48.0 Å². The average molecular weight is 238 g/mol. The van der Waals surface area contributed by atoms with Crippen molar-refractivity contribution in [3.63, 3.8) is 0 Å². The summed E-state index contributed by atoms with van der Waals surface area (Å²) in [5, 5.41) is 10.8. The number of rotatable bonds is 3. The topological polar surface area (TPSA) is 44.1 Å². The highest BCUT2D eigenvalue weighted by molar-refractivity contribution is 5.86. The molecule has 3 nitrogen and oxygen atoms in total. The van der Waals surface area contributed by atoms with Crippen LogP contribution in [0.1, 0.15) is 12.0 Å². The first-order valence-corrected chi connectivity index (χ1v) is 5.80. The number of hydrogen-bond donors (Lipinski definition) is 0. The SMILES string of the molecule is CN(Cc1cccc2ccccc12)C(=O)CC#N. The molecule has 0 saturated heterocycles. The Bertz CT molecular complexity index is 608. The van der Waals surface area contributed by atoms with Gasteiger partial charge in [0.15, 0.2) is 0 Å². The van der Waals surface area contributed by atoms with Gasteiger partial charge >= 0.3 is 0 Å². The first kappa shape index (κ1) is 12.1. The van der Waals surface area contributed by atoms with E-state index in [4.69, 9.17) is 5.26 Å². The summed E-state index contributed by atoms with van der Waals surface area (Å²) in [6, 6.07) is 16.0. The van der Waals surface area contributed by atoms with Crippen LogP contribution in [0.4, 0.5) is 0 Å². The largest absolute Gasteiger partial charge is 0.341 e. The molecule has 0 unspecified atom stereocenters. The third-order valence-corrected chi connectivity index (χ3v) is 2.94. The Hall–Kier alpha value is -2.34. The second kappa shape index (κ2) is 5.33. The van der Waals surface area contributed by atoms with E-state index in [2.05, 4.69) is 12.1 Å². The van der Waals surface area contributed by atoms with E-state index in [-0.39, 0.29) is 12.3 Å². The van der Waals surface area contributed by atoms with Gasteiger partial charge in [-0.2, -0.15) is 5.26 Å². The van der Waals surface area contributed by atoms with Crippen molar-refractivity contribution in [2.24, 2.45) is 0 Å². The number of hydrogen-bond acceptors (Lipinski definition) is 2. The highest BCUT2D eigenvalue weighted by Gasteiger charge is 2.09. The zero-order valence-corrected chi connectivity index (χ0v) is 10.3. The van der Waals surface area contributed by atoms with Crippen LogP contribution in [0.5, 0.6) is 0 Å². The molecule has 18 heavy (non-hydrogen) atoms. The minimum absolute atomic E-state index is 0.0682. The molecule has 1 amide bonds. The lowest BCUT2D eigenvalue weighted by atomic mass is 10.0. The first-order chi connectivity index (χ1) is 8.72. The molecular weight excluding hydrogens is 224 g/mol. The lowest BCUT2D eigenvalue weighted by Gasteiger charge is -2.17. The molecule has 3 heteroatoms. The van der Waals surface area contributed by atoms with Crippen LogP contribution >= 0.6 is 0 Å². The quantitative estimate of drug-likeness (QED) is 0.825. The molecular formula is C15H14N2O. The third-order valence-electron chi connectivity index (χ3n) is 2.94. The summed E-state index contributed by atoms with van der Waals surface area (Å²) >= 11 is 0. The Morgan fingerprint density at radius 1 is 1.22 bits per heavy atom. The van der Waals surface area contributed by atoms with E-state index < -0.39 is 0 Å². The summed E-state index contributed by atoms with van der Waals surface area (Å²) in [6.07, 6.45) is -0.0682. The van der Waals surface area contributed by atoms with Gasteiger partial charge in [-0.05, 0) is 16.3 Å². The summed E-state index contributed by atoms with van der Waals surface area (Å²) in [5.41, 5.74) is 1.10. The molecule has 0 radical (unpaired) electrons. The fourth-order valence-corrected chi connectivity index (χ4v) is 1.98. The zero-order valence-electron chi connectivity index (χ0n) is 10.3. The monoisotopic (exact) mass is 238 g/mol. The number of amides is 1. The molecule has 0 N–H and O–H groups in total. The zero-order chi connectivity index (χ0) is 13.0. The van der Waals surface area contributed by atoms with E-state index in [1.54, 1.807) is 11.9 Å². The fraction of sp³-hybridized carbons (Fsp3) is 0.200. The van der Waals surface area contributed by atoms with Gasteiger partial charge in [-0.25, -0.2) is 0 Å². The van der Waals surface area contributed by atoms with Gasteiger partial charge in [-0.1, -0.05) is 42.5 Å². The molecule has 0 heterocycles. The smallest absolute Gasteiger partial charge is 0.236 e. The minimum atomic E-state index is -0.148. The second-order valence-electron chi connectivity index (χ2n) is 4.22. The van der Waals surface area contributed by atoms with E-state index in [1.165, 1.54) is 0 Å². The lowest BCUT2D eigenvalue weighted by Crippen LogP contribution is -2.25. The maximum absolute atomic E-state index is 11.6. The molecule has 0 bridgehead atoms. The number of nitriles is 1. The van der Waals surface area contributed by atoms with Gasteiger partial charge in [0, 0.05) is 13.6 Å². The van der Waals surface area contributed by atoms with Gasteiger partial charge in [0.05, 0.1) is 6.07 Å². The van der Waals surface area contributed by atoms with Crippen molar-refractivity contribution in [1.29, 1.82) is 5.26 Å². The van der Waals surface area contributed by atoms with Crippen LogP contribution in [0.3, 0.4) is 0 Å². The van der Waals surface area contributed by atoms with Crippen LogP contribution in [0.2, 0.25) is 0 Å². The summed E-state index contributed by atoms with van der Waals surface area (Å²) in [6.45, 7) is 0.530. The standard InChI is InChI=1S/C15H14N2O/c1-17(15(18)9-10-16)11-13-7-4-6-12-5-2-3-8-14(12)13/h2-8H,9,11H2,1H3. The lowest BCUT2D eigenvalue weighted by molar-refractivity contribution is -0.129. The van der Waals surface area contributed by atoms with Crippen molar-refractivity contribution >= 4 is 16.7 Å². The minimum Gasteiger partial charge on any atom is -0.341 e. The van der Waals surface area contributed by atoms with Crippen LogP contribution in [0, 0.1) is 11.3 Å². The molecule has 2 aromatic carbocycles. The third kappa shape index (κ3) is 2.49. The number of carbonyl (C=O) groups excluding carboxylic acids is 1. The Labute approximate surface area is 106 Å². The second-order valence-corrected chi connectivity index (χ2v) is 4.22. The van der Waals surface area contributed by atoms with Gasteiger partial charge < -0.3 is 4.90 Å². The predicted molar refractivity (Wildman–Crippen MR) is 70.7 cm³/mol. The molecule has 0 aliphatic heterocycles. The van der Waals surface area contributed by atoms with Crippen molar-refractivity contribution in [1.82, 2.24) is 4.90 Å². The molecule has 2 aromatic rings. The van der Waals surface area contributed by atoms with Crippen molar-refractivity contribution < 1.29 is 4.79 Å². The summed E-state index contributed by atoms with van der Waals surface area (Å²) in [7, 11) is 1.72. The molecule has 2 rings (SSSR count). The maximum atomic E-state index is 11.6. The van der Waals surface area contributed by atoms with Gasteiger partial charge in [-0.15, -0.1) is 0 Å². The highest BCUT2D eigenvalue weighted by Crippen LogP contribution is 2.19. The van der Waals surface area contributed by atoms with Crippen LogP contribution in [0.15, 0.2) is 42.5 Å². The molecule has 0 fully saturated rings. The predicted octanol–water partition coefficient (Wildman–Crippen LogP) is 2.71. The van der Waals surface area contributed by atoms with Gasteiger partial charge in [0.25, 0.3) is 0 Å². The van der Waals surface area contributed by atoms with Crippen LogP contribution in [-0.2, 0) is 11.3 Å². The van der Waals surface area contributed by atoms with E-state index in [9.17, 15) is 4.79 Å². The summed E-state index contributed by atoms with van der Waals surface area (Å²) < 4.78 is 0. The normalized spacial score (nSPS) is 10.0. The average Bonchev–Trinajstić information content (AvgIpc) is 2.39. The Morgan fingerprint density at radius 3 is 2.72 bits per heavy atom. The summed E-state index contributed by atoms with van der Waals surface area (Å²) in [4.78, 5) is 13.2. The van der Waals surface area contributed by atoms with Crippen molar-refractivity contribution in [2.75, 3.05) is 7.05 Å². The Morgan fingerprint density at radius 2 is 1.94 bits per heavy atom. The molecule has 0 spiro atoms. The van der Waals surface area contributed by atoms with E-state index >= 15 is 0 Å². The molecule has 0 aromatic heterocycles. The molecule has 0 aliphatic rings. The molecule has 90 valence electrons. The van der Waals surface area contributed by atoms with Crippen LogP contribution in [0.25, 0.3) is 10.8 Å². The first-order valence-electron chi connectivity index (χ1n) is 5.80. The van der Waals surface area contributed by atoms with Crippen molar-refractivity contribution in [2.45, 2.75) is 13.0 Å². The number of carbonyl (C=O) groups is 1. The van der Waals surface area contributed by atoms with E-state index in [0.29, 0.717) is 6.54 Å². The van der Waals surface area contributed by atoms with Gasteiger partial charge in [0.1, 0.15) is 6.42 Å².